The van der Waals surface area contributed by atoms with Gasteiger partial charge in [-0.15, -0.1) is 0 Å². The molecule has 64 valence electrons. The average Bonchev–Trinajstić information content (AvgIpc) is 2.03. The van der Waals surface area contributed by atoms with Gasteiger partial charge in [0.15, 0.2) is 0 Å². The maximum Gasteiger partial charge on any atom is 0.0155 e. The SMILES string of the molecule is C=C(c1ccccc1)C(C)(C)[SiH3]. The molecule has 1 rings (SSSR count). The fourth-order valence-electron chi connectivity index (χ4n) is 1.07. The predicted octanol–water partition coefficient (Wildman–Crippen LogP) is 2.26. The van der Waals surface area contributed by atoms with Crippen molar-refractivity contribution in [3.63, 3.8) is 0 Å². The van der Waals surface area contributed by atoms with Crippen LogP contribution in [0.1, 0.15) is 19.4 Å². The fourth-order valence-corrected chi connectivity index (χ4v) is 1.36. The molecule has 1 heteroatoms. The first-order valence-electron chi connectivity index (χ1n) is 4.26. The van der Waals surface area contributed by atoms with Crippen LogP contribution < -0.4 is 0 Å². The summed E-state index contributed by atoms with van der Waals surface area (Å²) in [5.41, 5.74) is 2.53. The van der Waals surface area contributed by atoms with Crippen molar-refractivity contribution in [1.29, 1.82) is 0 Å². The van der Waals surface area contributed by atoms with Crippen LogP contribution in [0.3, 0.4) is 0 Å². The molecule has 0 saturated heterocycles. The molecule has 12 heavy (non-hydrogen) atoms. The Labute approximate surface area is 77.7 Å². The largest absolute Gasteiger partial charge is 0.0950 e. The Morgan fingerprint density at radius 3 is 2.17 bits per heavy atom. The number of hydrogen-bond acceptors (Lipinski definition) is 0. The Balaban J connectivity index is 2.94. The summed E-state index contributed by atoms with van der Waals surface area (Å²) in [4.78, 5) is 0. The summed E-state index contributed by atoms with van der Waals surface area (Å²) in [6.07, 6.45) is 0. The lowest BCUT2D eigenvalue weighted by Gasteiger charge is -2.21. The van der Waals surface area contributed by atoms with Crippen LogP contribution in [0.15, 0.2) is 36.9 Å². The van der Waals surface area contributed by atoms with Crippen molar-refractivity contribution >= 4 is 15.8 Å². The van der Waals surface area contributed by atoms with Crippen molar-refractivity contribution in [2.24, 2.45) is 0 Å². The maximum atomic E-state index is 4.13. The highest BCUT2D eigenvalue weighted by atomic mass is 28.1. The van der Waals surface area contributed by atoms with E-state index in [9.17, 15) is 0 Å². The third kappa shape index (κ3) is 2.08. The summed E-state index contributed by atoms with van der Waals surface area (Å²) in [5, 5.41) is 0.307. The average molecular weight is 176 g/mol. The molecule has 0 saturated carbocycles. The molecule has 0 aliphatic rings. The lowest BCUT2D eigenvalue weighted by Crippen LogP contribution is -2.04. The zero-order valence-electron chi connectivity index (χ0n) is 8.09. The summed E-state index contributed by atoms with van der Waals surface area (Å²) >= 11 is 0. The van der Waals surface area contributed by atoms with E-state index in [0.717, 1.165) is 10.2 Å². The predicted molar refractivity (Wildman–Crippen MR) is 59.5 cm³/mol. The first-order chi connectivity index (χ1) is 5.52. The lowest BCUT2D eigenvalue weighted by atomic mass is 9.96. The Bertz CT molecular complexity index is 267. The summed E-state index contributed by atoms with van der Waals surface area (Å²) in [6, 6.07) is 10.4. The van der Waals surface area contributed by atoms with Gasteiger partial charge in [-0.1, -0.05) is 50.8 Å². The third-order valence-corrected chi connectivity index (χ3v) is 2.63. The second-order valence-corrected chi connectivity index (χ2v) is 6.59. The van der Waals surface area contributed by atoms with Gasteiger partial charge in [0.1, 0.15) is 0 Å². The molecule has 0 unspecified atom stereocenters. The second-order valence-electron chi connectivity index (χ2n) is 4.09. The molecular formula is C11H16Si. The molecule has 0 aliphatic heterocycles. The zero-order valence-corrected chi connectivity index (χ0v) is 10.1. The summed E-state index contributed by atoms with van der Waals surface area (Å²) in [7, 11) is 1.15. The molecule has 0 atom stereocenters. The summed E-state index contributed by atoms with van der Waals surface area (Å²) < 4.78 is 0. The summed E-state index contributed by atoms with van der Waals surface area (Å²) in [5.74, 6) is 0. The minimum absolute atomic E-state index is 0.307. The topological polar surface area (TPSA) is 0 Å². The molecule has 0 fully saturated rings. The third-order valence-electron chi connectivity index (χ3n) is 2.03. The van der Waals surface area contributed by atoms with Gasteiger partial charge in [-0.2, -0.15) is 0 Å². The fraction of sp³-hybridized carbons (Fsp3) is 0.273. The van der Waals surface area contributed by atoms with Crippen LogP contribution in [0.25, 0.3) is 5.57 Å². The molecule has 0 amide bonds. The summed E-state index contributed by atoms with van der Waals surface area (Å²) in [6.45, 7) is 8.62. The second kappa shape index (κ2) is 3.28. The van der Waals surface area contributed by atoms with Crippen molar-refractivity contribution in [2.45, 2.75) is 18.9 Å². The molecule has 0 aromatic heterocycles. The van der Waals surface area contributed by atoms with Gasteiger partial charge >= 0.3 is 0 Å². The quantitative estimate of drug-likeness (QED) is 0.606. The number of hydrogen-bond donors (Lipinski definition) is 0. The van der Waals surface area contributed by atoms with E-state index in [1.165, 1.54) is 11.1 Å². The van der Waals surface area contributed by atoms with Crippen LogP contribution in [-0.4, -0.2) is 10.2 Å². The molecule has 1 aromatic carbocycles. The van der Waals surface area contributed by atoms with Gasteiger partial charge in [0.2, 0.25) is 0 Å². The van der Waals surface area contributed by atoms with E-state index >= 15 is 0 Å². The first-order valence-corrected chi connectivity index (χ1v) is 5.26. The van der Waals surface area contributed by atoms with Gasteiger partial charge in [-0.3, -0.25) is 0 Å². The Kier molecular flexibility index (Phi) is 2.53. The smallest absolute Gasteiger partial charge is 0.0155 e. The molecule has 0 N–H and O–H groups in total. The van der Waals surface area contributed by atoms with E-state index in [2.05, 4.69) is 44.7 Å². The van der Waals surface area contributed by atoms with E-state index in [-0.39, 0.29) is 0 Å². The number of benzene rings is 1. The van der Waals surface area contributed by atoms with Crippen molar-refractivity contribution in [1.82, 2.24) is 0 Å². The monoisotopic (exact) mass is 176 g/mol. The Morgan fingerprint density at radius 2 is 1.75 bits per heavy atom. The molecule has 0 bridgehead atoms. The van der Waals surface area contributed by atoms with Crippen molar-refractivity contribution in [2.75, 3.05) is 0 Å². The highest BCUT2D eigenvalue weighted by molar-refractivity contribution is 6.21. The molecule has 0 heterocycles. The zero-order chi connectivity index (χ0) is 9.19. The van der Waals surface area contributed by atoms with Crippen molar-refractivity contribution < 1.29 is 0 Å². The maximum absolute atomic E-state index is 4.13. The highest BCUT2D eigenvalue weighted by Gasteiger charge is 2.15. The molecule has 0 aliphatic carbocycles. The molecular weight excluding hydrogens is 160 g/mol. The normalized spacial score (nSPS) is 11.5. The van der Waals surface area contributed by atoms with E-state index in [1.54, 1.807) is 0 Å². The minimum Gasteiger partial charge on any atom is -0.0950 e. The molecule has 1 aromatic rings. The lowest BCUT2D eigenvalue weighted by molar-refractivity contribution is 0.886. The van der Waals surface area contributed by atoms with E-state index in [4.69, 9.17) is 0 Å². The van der Waals surface area contributed by atoms with Crippen LogP contribution >= 0.6 is 0 Å². The van der Waals surface area contributed by atoms with Gasteiger partial charge in [-0.25, -0.2) is 0 Å². The first kappa shape index (κ1) is 9.27. The van der Waals surface area contributed by atoms with Crippen LogP contribution in [0.5, 0.6) is 0 Å². The van der Waals surface area contributed by atoms with Crippen LogP contribution in [0, 0.1) is 0 Å². The Hall–Kier alpha value is -0.823. The van der Waals surface area contributed by atoms with Gasteiger partial charge in [0, 0.05) is 10.2 Å². The number of allylic oxidation sites excluding steroid dienone is 1. The van der Waals surface area contributed by atoms with E-state index < -0.39 is 0 Å². The standard InChI is InChI=1S/C11H16Si/c1-9(11(2,3)12)10-7-5-4-6-8-10/h4-8H,1H2,2-3,12H3. The molecule has 0 radical (unpaired) electrons. The molecule has 0 nitrogen and oxygen atoms in total. The van der Waals surface area contributed by atoms with Crippen molar-refractivity contribution in [3.8, 4) is 0 Å². The van der Waals surface area contributed by atoms with E-state index in [0.29, 0.717) is 5.04 Å². The van der Waals surface area contributed by atoms with E-state index in [1.807, 2.05) is 6.07 Å². The van der Waals surface area contributed by atoms with Gasteiger partial charge in [-0.05, 0) is 16.2 Å². The van der Waals surface area contributed by atoms with Crippen LogP contribution in [-0.2, 0) is 0 Å². The molecule has 0 spiro atoms. The Morgan fingerprint density at radius 1 is 1.25 bits per heavy atom. The van der Waals surface area contributed by atoms with Gasteiger partial charge < -0.3 is 0 Å². The van der Waals surface area contributed by atoms with Crippen LogP contribution in [0.2, 0.25) is 5.04 Å². The van der Waals surface area contributed by atoms with Crippen molar-refractivity contribution in [3.05, 3.63) is 42.5 Å². The van der Waals surface area contributed by atoms with Crippen LogP contribution in [0.4, 0.5) is 0 Å². The highest BCUT2D eigenvalue weighted by Crippen LogP contribution is 2.35. The number of rotatable bonds is 2. The van der Waals surface area contributed by atoms with Gasteiger partial charge in [0.05, 0.1) is 0 Å². The minimum atomic E-state index is 0.307. The van der Waals surface area contributed by atoms with Gasteiger partial charge in [0.25, 0.3) is 0 Å².